The maximum Gasteiger partial charge on any atom is 0.242 e. The molecule has 4 nitrogen and oxygen atoms in total. The zero-order valence-electron chi connectivity index (χ0n) is 18.4. The van der Waals surface area contributed by atoms with Crippen molar-refractivity contribution < 1.29 is 9.59 Å². The Morgan fingerprint density at radius 3 is 2.10 bits per heavy atom. The molecule has 0 saturated carbocycles. The van der Waals surface area contributed by atoms with Gasteiger partial charge in [-0.2, -0.15) is 0 Å². The van der Waals surface area contributed by atoms with Gasteiger partial charge in [0.2, 0.25) is 11.8 Å². The molecule has 0 heterocycles. The molecule has 29 heavy (non-hydrogen) atoms. The van der Waals surface area contributed by atoms with Crippen LogP contribution in [0.5, 0.6) is 0 Å². The highest BCUT2D eigenvalue weighted by Crippen LogP contribution is 2.16. The van der Waals surface area contributed by atoms with Crippen LogP contribution in [0.1, 0.15) is 49.4 Å². The van der Waals surface area contributed by atoms with Crippen LogP contribution in [0.3, 0.4) is 0 Å². The first-order valence-electron chi connectivity index (χ1n) is 10.5. The van der Waals surface area contributed by atoms with Crippen LogP contribution in [-0.2, 0) is 22.6 Å². The van der Waals surface area contributed by atoms with E-state index >= 15 is 0 Å². The van der Waals surface area contributed by atoms with Crippen molar-refractivity contribution in [2.24, 2.45) is 5.92 Å². The van der Waals surface area contributed by atoms with E-state index in [1.165, 1.54) is 0 Å². The second-order valence-electron chi connectivity index (χ2n) is 8.24. The van der Waals surface area contributed by atoms with Gasteiger partial charge in [-0.15, -0.1) is 0 Å². The molecule has 0 aliphatic heterocycles. The first-order chi connectivity index (χ1) is 13.8. The summed E-state index contributed by atoms with van der Waals surface area (Å²) in [6.07, 6.45) is 0.872. The molecule has 156 valence electrons. The number of amides is 2. The minimum atomic E-state index is -0.480. The predicted molar refractivity (Wildman–Crippen MR) is 119 cm³/mol. The summed E-state index contributed by atoms with van der Waals surface area (Å²) in [5.41, 5.74) is 4.28. The summed E-state index contributed by atoms with van der Waals surface area (Å²) in [6.45, 7) is 11.2. The second-order valence-corrected chi connectivity index (χ2v) is 8.24. The molecule has 4 heteroatoms. The fraction of sp³-hybridized carbons (Fsp3) is 0.440. The minimum Gasteiger partial charge on any atom is -0.354 e. The molecular formula is C25H34N2O2. The first kappa shape index (κ1) is 22.7. The van der Waals surface area contributed by atoms with Gasteiger partial charge in [0.05, 0.1) is 6.42 Å². The second kappa shape index (κ2) is 10.8. The number of benzene rings is 2. The molecule has 0 aromatic heterocycles. The summed E-state index contributed by atoms with van der Waals surface area (Å²) in [5.74, 6) is 0.264. The van der Waals surface area contributed by atoms with Crippen molar-refractivity contribution in [3.05, 3.63) is 70.8 Å². The molecule has 0 bridgehead atoms. The zero-order chi connectivity index (χ0) is 21.4. The van der Waals surface area contributed by atoms with Crippen LogP contribution in [0, 0.1) is 19.8 Å². The molecule has 0 spiro atoms. The Bertz CT molecular complexity index is 829. The van der Waals surface area contributed by atoms with Gasteiger partial charge in [0.25, 0.3) is 0 Å². The SMILES string of the molecule is CC[C@@H](C(=O)NCC(C)C)N(Cc1cccc(C)c1)C(=O)Cc1cccc(C)c1. The summed E-state index contributed by atoms with van der Waals surface area (Å²) < 4.78 is 0. The number of aryl methyl sites for hydroxylation is 2. The normalized spacial score (nSPS) is 11.9. The molecule has 0 fully saturated rings. The lowest BCUT2D eigenvalue weighted by Gasteiger charge is -2.31. The molecule has 2 aromatic carbocycles. The van der Waals surface area contributed by atoms with Gasteiger partial charge in [-0.25, -0.2) is 0 Å². The Kier molecular flexibility index (Phi) is 8.44. The maximum absolute atomic E-state index is 13.3. The van der Waals surface area contributed by atoms with Crippen LogP contribution in [0.25, 0.3) is 0 Å². The quantitative estimate of drug-likeness (QED) is 0.684. The van der Waals surface area contributed by atoms with Gasteiger partial charge in [0.1, 0.15) is 6.04 Å². The van der Waals surface area contributed by atoms with Crippen LogP contribution >= 0.6 is 0 Å². The number of hydrogen-bond acceptors (Lipinski definition) is 2. The van der Waals surface area contributed by atoms with Crippen LogP contribution in [-0.4, -0.2) is 29.3 Å². The first-order valence-corrected chi connectivity index (χ1v) is 10.5. The Morgan fingerprint density at radius 1 is 0.966 bits per heavy atom. The molecule has 2 aromatic rings. The Labute approximate surface area is 175 Å². The largest absolute Gasteiger partial charge is 0.354 e. The topological polar surface area (TPSA) is 49.4 Å². The van der Waals surface area contributed by atoms with Gasteiger partial charge in [-0.3, -0.25) is 9.59 Å². The summed E-state index contributed by atoms with van der Waals surface area (Å²) >= 11 is 0. The third-order valence-corrected chi connectivity index (χ3v) is 4.94. The van der Waals surface area contributed by atoms with Gasteiger partial charge in [0, 0.05) is 13.1 Å². The highest BCUT2D eigenvalue weighted by atomic mass is 16.2. The van der Waals surface area contributed by atoms with Gasteiger partial charge in [-0.1, -0.05) is 80.4 Å². The van der Waals surface area contributed by atoms with Crippen molar-refractivity contribution >= 4 is 11.8 Å². The zero-order valence-corrected chi connectivity index (χ0v) is 18.4. The smallest absolute Gasteiger partial charge is 0.242 e. The van der Waals surface area contributed by atoms with Gasteiger partial charge in [-0.05, 0) is 37.3 Å². The predicted octanol–water partition coefficient (Wildman–Crippen LogP) is 4.43. The van der Waals surface area contributed by atoms with E-state index in [0.29, 0.717) is 31.8 Å². The summed E-state index contributed by atoms with van der Waals surface area (Å²) in [4.78, 5) is 27.9. The van der Waals surface area contributed by atoms with E-state index in [1.54, 1.807) is 4.90 Å². The van der Waals surface area contributed by atoms with E-state index in [2.05, 4.69) is 25.2 Å². The third-order valence-electron chi connectivity index (χ3n) is 4.94. The summed E-state index contributed by atoms with van der Waals surface area (Å²) in [6, 6.07) is 15.6. The van der Waals surface area contributed by atoms with E-state index in [1.807, 2.05) is 63.2 Å². The van der Waals surface area contributed by atoms with Crippen molar-refractivity contribution in [2.45, 2.75) is 60.0 Å². The van der Waals surface area contributed by atoms with E-state index in [0.717, 1.165) is 22.3 Å². The number of carbonyl (C=O) groups excluding carboxylic acids is 2. The van der Waals surface area contributed by atoms with Crippen molar-refractivity contribution in [3.63, 3.8) is 0 Å². The molecule has 0 saturated heterocycles. The lowest BCUT2D eigenvalue weighted by Crippen LogP contribution is -2.50. The van der Waals surface area contributed by atoms with E-state index in [-0.39, 0.29) is 11.8 Å². The van der Waals surface area contributed by atoms with Crippen molar-refractivity contribution in [1.82, 2.24) is 10.2 Å². The highest BCUT2D eigenvalue weighted by molar-refractivity contribution is 5.88. The fourth-order valence-corrected chi connectivity index (χ4v) is 3.45. The molecule has 0 unspecified atom stereocenters. The van der Waals surface area contributed by atoms with E-state index < -0.39 is 6.04 Å². The molecule has 1 N–H and O–H groups in total. The lowest BCUT2D eigenvalue weighted by atomic mass is 10.0. The van der Waals surface area contributed by atoms with Crippen LogP contribution in [0.4, 0.5) is 0 Å². The summed E-state index contributed by atoms with van der Waals surface area (Å²) in [7, 11) is 0. The number of carbonyl (C=O) groups is 2. The molecule has 2 amide bonds. The minimum absolute atomic E-state index is 0.0244. The molecule has 2 rings (SSSR count). The average Bonchev–Trinajstić information content (AvgIpc) is 2.66. The van der Waals surface area contributed by atoms with Gasteiger partial charge in [0.15, 0.2) is 0 Å². The number of rotatable bonds is 9. The Hall–Kier alpha value is -2.62. The van der Waals surface area contributed by atoms with Gasteiger partial charge < -0.3 is 10.2 Å². The number of nitrogens with zero attached hydrogens (tertiary/aromatic N) is 1. The Morgan fingerprint density at radius 2 is 1.55 bits per heavy atom. The van der Waals surface area contributed by atoms with Crippen molar-refractivity contribution in [1.29, 1.82) is 0 Å². The van der Waals surface area contributed by atoms with Crippen LogP contribution in [0.2, 0.25) is 0 Å². The molecule has 0 aliphatic carbocycles. The van der Waals surface area contributed by atoms with Crippen molar-refractivity contribution in [3.8, 4) is 0 Å². The monoisotopic (exact) mass is 394 g/mol. The number of hydrogen-bond donors (Lipinski definition) is 1. The summed E-state index contributed by atoms with van der Waals surface area (Å²) in [5, 5.41) is 3.01. The standard InChI is InChI=1S/C25H34N2O2/c1-6-23(25(29)26-16-18(2)3)27(17-22-12-8-10-20(5)14-22)24(28)15-21-11-7-9-19(4)13-21/h7-14,18,23H,6,15-17H2,1-5H3,(H,26,29)/t23-/m0/s1. The highest BCUT2D eigenvalue weighted by Gasteiger charge is 2.28. The van der Waals surface area contributed by atoms with Gasteiger partial charge >= 0.3 is 0 Å². The van der Waals surface area contributed by atoms with Crippen LogP contribution < -0.4 is 5.32 Å². The third kappa shape index (κ3) is 7.04. The molecule has 0 aliphatic rings. The average molecular weight is 395 g/mol. The van der Waals surface area contributed by atoms with Crippen molar-refractivity contribution in [2.75, 3.05) is 6.54 Å². The fourth-order valence-electron chi connectivity index (χ4n) is 3.45. The Balaban J connectivity index is 2.27. The maximum atomic E-state index is 13.3. The lowest BCUT2D eigenvalue weighted by molar-refractivity contribution is -0.141. The number of nitrogens with one attached hydrogen (secondary N) is 1. The van der Waals surface area contributed by atoms with E-state index in [4.69, 9.17) is 0 Å². The molecule has 1 atom stereocenters. The molecule has 0 radical (unpaired) electrons. The van der Waals surface area contributed by atoms with E-state index in [9.17, 15) is 9.59 Å². The van der Waals surface area contributed by atoms with Crippen LogP contribution in [0.15, 0.2) is 48.5 Å². The molecular weight excluding hydrogens is 360 g/mol.